The van der Waals surface area contributed by atoms with Crippen LogP contribution in [0.4, 0.5) is 5.69 Å². The van der Waals surface area contributed by atoms with Gasteiger partial charge in [0.2, 0.25) is 0 Å². The minimum atomic E-state index is -0.715. The molecule has 0 atom stereocenters. The summed E-state index contributed by atoms with van der Waals surface area (Å²) < 4.78 is 10.6. The monoisotopic (exact) mass is 407 g/mol. The van der Waals surface area contributed by atoms with Crippen molar-refractivity contribution in [2.24, 2.45) is 5.10 Å². The number of amides is 1. The van der Waals surface area contributed by atoms with Gasteiger partial charge in [-0.05, 0) is 37.3 Å². The summed E-state index contributed by atoms with van der Waals surface area (Å²) in [5, 5.41) is 14.8. The number of nitrogens with zero attached hydrogens (tertiary/aromatic N) is 2. The highest BCUT2D eigenvalue weighted by atomic mass is 16.6. The SMILES string of the molecule is CCOC(=O)c1cccc(-c2ccc(/C=N\NC(=O)c3ccccc3[N+](=O)[O-])o2)c1. The molecule has 0 aliphatic heterocycles. The van der Waals surface area contributed by atoms with Gasteiger partial charge in [-0.1, -0.05) is 24.3 Å². The molecule has 0 fully saturated rings. The number of hydrogen-bond acceptors (Lipinski definition) is 7. The standard InChI is InChI=1S/C21H17N3O6/c1-2-29-21(26)15-7-5-6-14(12-15)19-11-10-16(30-19)13-22-23-20(25)17-8-3-4-9-18(17)24(27)28/h3-13H,2H2,1H3,(H,23,25)/b22-13-. The van der Waals surface area contributed by atoms with Crippen molar-refractivity contribution in [2.75, 3.05) is 6.61 Å². The third-order valence-electron chi connectivity index (χ3n) is 3.99. The smallest absolute Gasteiger partial charge is 0.338 e. The Labute approximate surface area is 171 Å². The van der Waals surface area contributed by atoms with Crippen LogP contribution in [-0.2, 0) is 4.74 Å². The molecule has 0 aliphatic carbocycles. The number of nitro benzene ring substituents is 1. The van der Waals surface area contributed by atoms with Gasteiger partial charge in [0, 0.05) is 11.6 Å². The fourth-order valence-electron chi connectivity index (χ4n) is 2.63. The summed E-state index contributed by atoms with van der Waals surface area (Å²) in [5.74, 6) is -0.306. The molecule has 3 rings (SSSR count). The number of nitrogens with one attached hydrogen (secondary N) is 1. The molecular weight excluding hydrogens is 390 g/mol. The van der Waals surface area contributed by atoms with Crippen molar-refractivity contribution in [1.29, 1.82) is 0 Å². The van der Waals surface area contributed by atoms with Crippen LogP contribution in [0.25, 0.3) is 11.3 Å². The molecular formula is C21H17N3O6. The van der Waals surface area contributed by atoms with E-state index in [-0.39, 0.29) is 17.9 Å². The molecule has 0 bridgehead atoms. The van der Waals surface area contributed by atoms with Crippen LogP contribution in [0.3, 0.4) is 0 Å². The average molecular weight is 407 g/mol. The quantitative estimate of drug-likeness (QED) is 0.275. The summed E-state index contributed by atoms with van der Waals surface area (Å²) in [6.07, 6.45) is 1.27. The maximum atomic E-state index is 12.1. The van der Waals surface area contributed by atoms with Crippen LogP contribution in [0.2, 0.25) is 0 Å². The van der Waals surface area contributed by atoms with Gasteiger partial charge in [0.1, 0.15) is 17.1 Å². The number of ether oxygens (including phenoxy) is 1. The highest BCUT2D eigenvalue weighted by Crippen LogP contribution is 2.23. The number of esters is 1. The normalized spacial score (nSPS) is 10.7. The predicted molar refractivity (Wildman–Crippen MR) is 108 cm³/mol. The van der Waals surface area contributed by atoms with Crippen LogP contribution >= 0.6 is 0 Å². The maximum absolute atomic E-state index is 12.1. The Balaban J connectivity index is 1.70. The topological polar surface area (TPSA) is 124 Å². The highest BCUT2D eigenvalue weighted by molar-refractivity contribution is 5.98. The molecule has 0 saturated heterocycles. The van der Waals surface area contributed by atoms with Gasteiger partial charge >= 0.3 is 5.97 Å². The minimum absolute atomic E-state index is 0.101. The zero-order valence-corrected chi connectivity index (χ0v) is 15.9. The van der Waals surface area contributed by atoms with Crippen LogP contribution in [0.15, 0.2) is 70.2 Å². The van der Waals surface area contributed by atoms with Crippen LogP contribution < -0.4 is 5.43 Å². The lowest BCUT2D eigenvalue weighted by Gasteiger charge is -2.03. The van der Waals surface area contributed by atoms with E-state index < -0.39 is 16.8 Å². The molecule has 152 valence electrons. The van der Waals surface area contributed by atoms with E-state index in [0.717, 1.165) is 0 Å². The first-order chi connectivity index (χ1) is 14.5. The molecule has 1 heterocycles. The van der Waals surface area contributed by atoms with Gasteiger partial charge in [0.25, 0.3) is 11.6 Å². The van der Waals surface area contributed by atoms with Crippen molar-refractivity contribution in [1.82, 2.24) is 5.43 Å². The summed E-state index contributed by atoms with van der Waals surface area (Å²) in [4.78, 5) is 34.4. The minimum Gasteiger partial charge on any atom is -0.462 e. The molecule has 9 heteroatoms. The highest BCUT2D eigenvalue weighted by Gasteiger charge is 2.18. The second-order valence-electron chi connectivity index (χ2n) is 5.98. The van der Waals surface area contributed by atoms with E-state index in [4.69, 9.17) is 9.15 Å². The molecule has 0 saturated carbocycles. The van der Waals surface area contributed by atoms with E-state index in [9.17, 15) is 19.7 Å². The largest absolute Gasteiger partial charge is 0.462 e. The molecule has 1 N–H and O–H groups in total. The Hall–Kier alpha value is -4.27. The first kappa shape index (κ1) is 20.5. The number of furan rings is 1. The van der Waals surface area contributed by atoms with Crippen LogP contribution in [0, 0.1) is 10.1 Å². The van der Waals surface area contributed by atoms with Gasteiger partial charge in [-0.2, -0.15) is 5.10 Å². The summed E-state index contributed by atoms with van der Waals surface area (Å²) in [6, 6.07) is 15.7. The third-order valence-corrected chi connectivity index (χ3v) is 3.99. The van der Waals surface area contributed by atoms with Crippen molar-refractivity contribution < 1.29 is 23.7 Å². The summed E-state index contributed by atoms with van der Waals surface area (Å²) >= 11 is 0. The number of hydrazone groups is 1. The Morgan fingerprint density at radius 2 is 1.97 bits per heavy atom. The van der Waals surface area contributed by atoms with Gasteiger partial charge in [-0.15, -0.1) is 0 Å². The molecule has 0 aliphatic rings. The first-order valence-corrected chi connectivity index (χ1v) is 8.94. The molecule has 1 amide bonds. The lowest BCUT2D eigenvalue weighted by molar-refractivity contribution is -0.385. The first-order valence-electron chi connectivity index (χ1n) is 8.94. The Kier molecular flexibility index (Phi) is 6.33. The molecule has 30 heavy (non-hydrogen) atoms. The zero-order chi connectivity index (χ0) is 21.5. The molecule has 9 nitrogen and oxygen atoms in total. The number of nitro groups is 1. The van der Waals surface area contributed by atoms with Crippen molar-refractivity contribution >= 4 is 23.8 Å². The number of carbonyl (C=O) groups is 2. The van der Waals surface area contributed by atoms with Gasteiger partial charge in [-0.25, -0.2) is 10.2 Å². The van der Waals surface area contributed by atoms with Crippen LogP contribution in [-0.4, -0.2) is 29.6 Å². The molecule has 0 radical (unpaired) electrons. The number of benzene rings is 2. The Bertz CT molecular complexity index is 1120. The van der Waals surface area contributed by atoms with Gasteiger partial charge < -0.3 is 9.15 Å². The van der Waals surface area contributed by atoms with Crippen LogP contribution in [0.1, 0.15) is 33.4 Å². The maximum Gasteiger partial charge on any atom is 0.338 e. The molecule has 2 aromatic carbocycles. The second kappa shape index (κ2) is 9.28. The average Bonchev–Trinajstić information content (AvgIpc) is 3.23. The number of para-hydroxylation sites is 1. The van der Waals surface area contributed by atoms with Crippen molar-refractivity contribution in [3.63, 3.8) is 0 Å². The summed E-state index contributed by atoms with van der Waals surface area (Å²) in [7, 11) is 0. The number of hydrogen-bond donors (Lipinski definition) is 1. The fraction of sp³-hybridized carbons (Fsp3) is 0.0952. The second-order valence-corrected chi connectivity index (χ2v) is 5.98. The number of carbonyl (C=O) groups excluding carboxylic acids is 2. The lowest BCUT2D eigenvalue weighted by Crippen LogP contribution is -2.18. The number of rotatable bonds is 7. The van der Waals surface area contributed by atoms with E-state index in [0.29, 0.717) is 22.6 Å². The van der Waals surface area contributed by atoms with E-state index in [1.807, 2.05) is 0 Å². The van der Waals surface area contributed by atoms with Crippen molar-refractivity contribution in [3.8, 4) is 11.3 Å². The lowest BCUT2D eigenvalue weighted by atomic mass is 10.1. The molecule has 1 aromatic heterocycles. The van der Waals surface area contributed by atoms with Crippen molar-refractivity contribution in [3.05, 3.63) is 87.7 Å². The Morgan fingerprint density at radius 3 is 2.73 bits per heavy atom. The molecule has 0 unspecified atom stereocenters. The van der Waals surface area contributed by atoms with Gasteiger partial charge in [0.05, 0.1) is 23.3 Å². The van der Waals surface area contributed by atoms with Crippen molar-refractivity contribution in [2.45, 2.75) is 6.92 Å². The Morgan fingerprint density at radius 1 is 1.17 bits per heavy atom. The third kappa shape index (κ3) is 4.76. The fourth-order valence-corrected chi connectivity index (χ4v) is 2.63. The van der Waals surface area contributed by atoms with Gasteiger partial charge in [-0.3, -0.25) is 14.9 Å². The molecule has 3 aromatic rings. The van der Waals surface area contributed by atoms with Gasteiger partial charge in [0.15, 0.2) is 0 Å². The summed E-state index contributed by atoms with van der Waals surface area (Å²) in [5.41, 5.74) is 2.89. The van der Waals surface area contributed by atoms with Crippen LogP contribution in [0.5, 0.6) is 0 Å². The van der Waals surface area contributed by atoms with E-state index >= 15 is 0 Å². The van der Waals surface area contributed by atoms with E-state index in [2.05, 4.69) is 10.5 Å². The predicted octanol–water partition coefficient (Wildman–Crippen LogP) is 3.80. The van der Waals surface area contributed by atoms with E-state index in [1.54, 1.807) is 43.3 Å². The zero-order valence-electron chi connectivity index (χ0n) is 15.9. The summed E-state index contributed by atoms with van der Waals surface area (Å²) in [6.45, 7) is 2.01. The van der Waals surface area contributed by atoms with E-state index in [1.165, 1.54) is 30.5 Å². The molecule has 0 spiro atoms.